The first-order chi connectivity index (χ1) is 7.92. The van der Waals surface area contributed by atoms with Gasteiger partial charge < -0.3 is 5.32 Å². The molecular formula is C10H11N5S. The molecule has 0 atom stereocenters. The number of rotatable bonds is 4. The van der Waals surface area contributed by atoms with Crippen LogP contribution in [-0.4, -0.2) is 19.6 Å². The molecule has 0 aromatic carbocycles. The summed E-state index contributed by atoms with van der Waals surface area (Å²) in [4.78, 5) is 5.52. The summed E-state index contributed by atoms with van der Waals surface area (Å²) in [5.41, 5.74) is 2.15. The van der Waals surface area contributed by atoms with E-state index >= 15 is 0 Å². The van der Waals surface area contributed by atoms with Gasteiger partial charge in [0.2, 0.25) is 0 Å². The number of thiazole rings is 1. The first kappa shape index (κ1) is 9.56. The Labute approximate surface area is 96.1 Å². The zero-order chi connectivity index (χ0) is 10.8. The molecule has 0 bridgehead atoms. The Balaban J connectivity index is 1.61. The lowest BCUT2D eigenvalue weighted by Crippen LogP contribution is -2.13. The maximum absolute atomic E-state index is 4.48. The molecule has 0 saturated heterocycles. The summed E-state index contributed by atoms with van der Waals surface area (Å²) in [6.45, 7) is 1.55. The second-order valence-corrected chi connectivity index (χ2v) is 4.38. The lowest BCUT2D eigenvalue weighted by molar-refractivity contribution is 0.668. The van der Waals surface area contributed by atoms with Gasteiger partial charge in [0.15, 0.2) is 4.96 Å². The molecule has 3 aromatic heterocycles. The van der Waals surface area contributed by atoms with Crippen LogP contribution in [0.2, 0.25) is 0 Å². The average Bonchev–Trinajstić information content (AvgIpc) is 2.91. The largest absolute Gasteiger partial charge is 0.305 e. The summed E-state index contributed by atoms with van der Waals surface area (Å²) in [5.74, 6) is 0. The highest BCUT2D eigenvalue weighted by Crippen LogP contribution is 2.11. The van der Waals surface area contributed by atoms with E-state index in [0.717, 1.165) is 29.4 Å². The van der Waals surface area contributed by atoms with E-state index in [2.05, 4.69) is 20.5 Å². The molecule has 0 fully saturated rings. The van der Waals surface area contributed by atoms with E-state index in [0.29, 0.717) is 0 Å². The minimum absolute atomic E-state index is 0.771. The van der Waals surface area contributed by atoms with E-state index in [-0.39, 0.29) is 0 Å². The summed E-state index contributed by atoms with van der Waals surface area (Å²) >= 11 is 1.65. The SMILES string of the molecule is c1cc(CNCc2cn3ccsc3n2)[nH]n1. The van der Waals surface area contributed by atoms with Crippen molar-refractivity contribution in [3.63, 3.8) is 0 Å². The number of fused-ring (bicyclic) bond motifs is 1. The molecule has 3 heterocycles. The van der Waals surface area contributed by atoms with Crippen molar-refractivity contribution in [3.8, 4) is 0 Å². The van der Waals surface area contributed by atoms with Gasteiger partial charge in [0, 0.05) is 42.8 Å². The van der Waals surface area contributed by atoms with Crippen LogP contribution < -0.4 is 5.32 Å². The van der Waals surface area contributed by atoms with Gasteiger partial charge in [-0.3, -0.25) is 9.50 Å². The number of H-pyrrole nitrogens is 1. The molecule has 82 valence electrons. The standard InChI is InChI=1S/C10H11N5S/c1-2-12-14-8(1)5-11-6-9-7-15-3-4-16-10(15)13-9/h1-4,7,11H,5-6H2,(H,12,14). The fraction of sp³-hybridized carbons (Fsp3) is 0.200. The van der Waals surface area contributed by atoms with Crippen molar-refractivity contribution in [1.82, 2.24) is 24.9 Å². The molecule has 0 aliphatic carbocycles. The number of aromatic amines is 1. The number of nitrogens with one attached hydrogen (secondary N) is 2. The van der Waals surface area contributed by atoms with E-state index in [4.69, 9.17) is 0 Å². The second kappa shape index (κ2) is 4.07. The molecule has 0 unspecified atom stereocenters. The van der Waals surface area contributed by atoms with E-state index in [1.165, 1.54) is 0 Å². The van der Waals surface area contributed by atoms with E-state index in [1.54, 1.807) is 17.5 Å². The molecule has 2 N–H and O–H groups in total. The van der Waals surface area contributed by atoms with Crippen molar-refractivity contribution in [2.45, 2.75) is 13.1 Å². The van der Waals surface area contributed by atoms with Gasteiger partial charge in [-0.05, 0) is 6.07 Å². The molecule has 0 spiro atoms. The van der Waals surface area contributed by atoms with Crippen LogP contribution in [0.5, 0.6) is 0 Å². The summed E-state index contributed by atoms with van der Waals surface area (Å²) in [5, 5.41) is 12.1. The van der Waals surface area contributed by atoms with Crippen LogP contribution in [0, 0.1) is 0 Å². The van der Waals surface area contributed by atoms with E-state index < -0.39 is 0 Å². The van der Waals surface area contributed by atoms with E-state index in [1.807, 2.05) is 28.2 Å². The normalized spacial score (nSPS) is 11.2. The summed E-state index contributed by atoms with van der Waals surface area (Å²) < 4.78 is 2.04. The first-order valence-corrected chi connectivity index (χ1v) is 5.90. The van der Waals surface area contributed by atoms with Crippen LogP contribution >= 0.6 is 11.3 Å². The van der Waals surface area contributed by atoms with E-state index in [9.17, 15) is 0 Å². The molecule has 0 aliphatic rings. The fourth-order valence-electron chi connectivity index (χ4n) is 1.57. The minimum Gasteiger partial charge on any atom is -0.305 e. The Morgan fingerprint density at radius 3 is 3.25 bits per heavy atom. The van der Waals surface area contributed by atoms with Gasteiger partial charge in [0.25, 0.3) is 0 Å². The molecule has 16 heavy (non-hydrogen) atoms. The summed E-state index contributed by atoms with van der Waals surface area (Å²) in [6.07, 6.45) is 5.82. The summed E-state index contributed by atoms with van der Waals surface area (Å²) in [7, 11) is 0. The Hall–Kier alpha value is -1.66. The third-order valence-corrected chi connectivity index (χ3v) is 3.09. The molecule has 0 saturated carbocycles. The monoisotopic (exact) mass is 233 g/mol. The van der Waals surface area contributed by atoms with Gasteiger partial charge in [-0.2, -0.15) is 5.10 Å². The van der Waals surface area contributed by atoms with Gasteiger partial charge in [-0.15, -0.1) is 11.3 Å². The Bertz CT molecular complexity index is 536. The average molecular weight is 233 g/mol. The van der Waals surface area contributed by atoms with Gasteiger partial charge in [-0.1, -0.05) is 0 Å². The zero-order valence-electron chi connectivity index (χ0n) is 8.55. The third-order valence-electron chi connectivity index (χ3n) is 2.32. The Morgan fingerprint density at radius 1 is 1.44 bits per heavy atom. The van der Waals surface area contributed by atoms with Crippen LogP contribution in [0.4, 0.5) is 0 Å². The third kappa shape index (κ3) is 1.84. The fourth-order valence-corrected chi connectivity index (χ4v) is 2.29. The smallest absolute Gasteiger partial charge is 0.193 e. The highest BCUT2D eigenvalue weighted by atomic mass is 32.1. The Kier molecular flexibility index (Phi) is 2.43. The number of aromatic nitrogens is 4. The lowest BCUT2D eigenvalue weighted by Gasteiger charge is -1.98. The van der Waals surface area contributed by atoms with Gasteiger partial charge in [-0.25, -0.2) is 4.98 Å². The quantitative estimate of drug-likeness (QED) is 0.716. The predicted molar refractivity (Wildman–Crippen MR) is 62.2 cm³/mol. The number of hydrogen-bond acceptors (Lipinski definition) is 4. The van der Waals surface area contributed by atoms with Gasteiger partial charge >= 0.3 is 0 Å². The molecular weight excluding hydrogens is 222 g/mol. The second-order valence-electron chi connectivity index (χ2n) is 3.51. The van der Waals surface area contributed by atoms with Crippen LogP contribution in [0.25, 0.3) is 4.96 Å². The number of hydrogen-bond donors (Lipinski definition) is 2. The molecule has 6 heteroatoms. The minimum atomic E-state index is 0.771. The first-order valence-electron chi connectivity index (χ1n) is 5.02. The zero-order valence-corrected chi connectivity index (χ0v) is 9.37. The molecule has 5 nitrogen and oxygen atoms in total. The maximum Gasteiger partial charge on any atom is 0.193 e. The van der Waals surface area contributed by atoms with Crippen LogP contribution in [0.1, 0.15) is 11.4 Å². The van der Waals surface area contributed by atoms with Crippen molar-refractivity contribution in [3.05, 3.63) is 41.4 Å². The summed E-state index contributed by atoms with van der Waals surface area (Å²) in [6, 6.07) is 1.96. The molecule has 0 amide bonds. The molecule has 0 aliphatic heterocycles. The predicted octanol–water partition coefficient (Wildman–Crippen LogP) is 1.41. The van der Waals surface area contributed by atoms with Crippen molar-refractivity contribution in [2.24, 2.45) is 0 Å². The van der Waals surface area contributed by atoms with Crippen LogP contribution in [0.3, 0.4) is 0 Å². The van der Waals surface area contributed by atoms with Crippen molar-refractivity contribution in [2.75, 3.05) is 0 Å². The topological polar surface area (TPSA) is 58.0 Å². The molecule has 0 radical (unpaired) electrons. The number of nitrogens with zero attached hydrogens (tertiary/aromatic N) is 3. The highest BCUT2D eigenvalue weighted by molar-refractivity contribution is 7.15. The maximum atomic E-state index is 4.48. The van der Waals surface area contributed by atoms with Crippen LogP contribution in [0.15, 0.2) is 30.0 Å². The van der Waals surface area contributed by atoms with Gasteiger partial charge in [0.05, 0.1) is 5.69 Å². The Morgan fingerprint density at radius 2 is 2.44 bits per heavy atom. The van der Waals surface area contributed by atoms with Gasteiger partial charge in [0.1, 0.15) is 0 Å². The highest BCUT2D eigenvalue weighted by Gasteiger charge is 2.01. The van der Waals surface area contributed by atoms with Crippen molar-refractivity contribution in [1.29, 1.82) is 0 Å². The number of imidazole rings is 1. The van der Waals surface area contributed by atoms with Crippen molar-refractivity contribution < 1.29 is 0 Å². The lowest BCUT2D eigenvalue weighted by atomic mass is 10.4. The van der Waals surface area contributed by atoms with Crippen LogP contribution in [-0.2, 0) is 13.1 Å². The molecule has 3 rings (SSSR count). The molecule has 3 aromatic rings. The van der Waals surface area contributed by atoms with Crippen molar-refractivity contribution >= 4 is 16.3 Å².